The molecule has 0 rings (SSSR count). The first-order valence-corrected chi connectivity index (χ1v) is 13.2. The first-order valence-electron chi connectivity index (χ1n) is 13.2. The number of amides is 3. The Bertz CT molecular complexity index is 856. The predicted octanol–water partition coefficient (Wildman–Crippen LogP) is -1.95. The second kappa shape index (κ2) is 18.6. The zero-order valence-corrected chi connectivity index (χ0v) is 23.5. The van der Waals surface area contributed by atoms with Gasteiger partial charge in [0, 0.05) is 13.1 Å². The van der Waals surface area contributed by atoms with Crippen LogP contribution in [-0.4, -0.2) is 78.0 Å². The fourth-order valence-electron chi connectivity index (χ4n) is 3.56. The Kier molecular flexibility index (Phi) is 16.9. The number of nitrogens with zero attached hydrogens (tertiary/aromatic N) is 2. The van der Waals surface area contributed by atoms with Crippen LogP contribution in [-0.2, 0) is 19.2 Å². The van der Waals surface area contributed by atoms with Crippen molar-refractivity contribution in [1.82, 2.24) is 16.0 Å². The lowest BCUT2D eigenvalue weighted by atomic mass is 9.98. The van der Waals surface area contributed by atoms with Crippen LogP contribution < -0.4 is 44.6 Å². The second-order valence-electron chi connectivity index (χ2n) is 9.96. The highest BCUT2D eigenvalue weighted by Gasteiger charge is 2.31. The van der Waals surface area contributed by atoms with Gasteiger partial charge in [-0.15, -0.1) is 0 Å². The van der Waals surface area contributed by atoms with E-state index in [2.05, 4.69) is 25.9 Å². The molecule has 0 aliphatic heterocycles. The molecule has 0 fully saturated rings. The van der Waals surface area contributed by atoms with Crippen molar-refractivity contribution in [2.45, 2.75) is 90.4 Å². The van der Waals surface area contributed by atoms with Gasteiger partial charge in [-0.05, 0) is 43.9 Å². The predicted molar refractivity (Wildman–Crippen MR) is 150 cm³/mol. The van der Waals surface area contributed by atoms with Gasteiger partial charge in [-0.1, -0.05) is 34.1 Å². The molecule has 0 aromatic heterocycles. The van der Waals surface area contributed by atoms with Crippen molar-refractivity contribution in [3.8, 4) is 0 Å². The molecule has 15 nitrogen and oxygen atoms in total. The number of carboxylic acids is 1. The van der Waals surface area contributed by atoms with Gasteiger partial charge in [-0.3, -0.25) is 24.4 Å². The van der Waals surface area contributed by atoms with Gasteiger partial charge in [-0.2, -0.15) is 0 Å². The highest BCUT2D eigenvalue weighted by molar-refractivity contribution is 5.94. The molecule has 5 atom stereocenters. The van der Waals surface area contributed by atoms with Crippen molar-refractivity contribution < 1.29 is 24.3 Å². The van der Waals surface area contributed by atoms with Gasteiger partial charge in [-0.25, -0.2) is 4.79 Å². The van der Waals surface area contributed by atoms with Crippen LogP contribution in [0.5, 0.6) is 0 Å². The number of carbonyl (C=O) groups is 4. The monoisotopic (exact) mass is 556 g/mol. The zero-order chi connectivity index (χ0) is 30.1. The van der Waals surface area contributed by atoms with E-state index < -0.39 is 47.9 Å². The molecule has 0 spiro atoms. The average molecular weight is 557 g/mol. The standard InChI is InChI=1S/C24H48N10O5/c1-5-14(4)18(25)21(37)32-15(8-6-10-30-23(26)27)19(35)34-17(12-13(2)3)20(36)33-16(22(38)39)9-7-11-31-24(28)29/h13-18H,5-12,25H2,1-4H3,(H,32,37)(H,33,36)(H,34,35)(H,38,39)(H4,26,27,30)(H4,28,29,31). The molecule has 0 bridgehead atoms. The van der Waals surface area contributed by atoms with Gasteiger partial charge >= 0.3 is 5.97 Å². The third-order valence-electron chi connectivity index (χ3n) is 6.04. The number of aliphatic carboxylic acids is 1. The van der Waals surface area contributed by atoms with E-state index in [0.717, 1.165) is 0 Å². The number of rotatable bonds is 19. The highest BCUT2D eigenvalue weighted by Crippen LogP contribution is 2.10. The fraction of sp³-hybridized carbons (Fsp3) is 0.750. The number of hydrogen-bond donors (Lipinski definition) is 9. The van der Waals surface area contributed by atoms with E-state index in [4.69, 9.17) is 28.7 Å². The van der Waals surface area contributed by atoms with E-state index in [9.17, 15) is 24.3 Å². The van der Waals surface area contributed by atoms with Gasteiger partial charge < -0.3 is 49.7 Å². The number of nitrogens with one attached hydrogen (secondary N) is 3. The molecule has 224 valence electrons. The van der Waals surface area contributed by atoms with Crippen LogP contribution in [0.15, 0.2) is 9.98 Å². The summed E-state index contributed by atoms with van der Waals surface area (Å²) in [6, 6.07) is -4.09. The molecule has 3 amide bonds. The largest absolute Gasteiger partial charge is 0.480 e. The molecule has 0 aliphatic carbocycles. The van der Waals surface area contributed by atoms with Gasteiger partial charge in [0.2, 0.25) is 17.7 Å². The zero-order valence-electron chi connectivity index (χ0n) is 23.5. The van der Waals surface area contributed by atoms with Gasteiger partial charge in [0.15, 0.2) is 11.9 Å². The van der Waals surface area contributed by atoms with Gasteiger partial charge in [0.25, 0.3) is 0 Å². The first-order chi connectivity index (χ1) is 18.2. The molecule has 14 N–H and O–H groups in total. The minimum absolute atomic E-state index is 0.0140. The van der Waals surface area contributed by atoms with Crippen LogP contribution >= 0.6 is 0 Å². The van der Waals surface area contributed by atoms with Gasteiger partial charge in [0.05, 0.1) is 6.04 Å². The summed E-state index contributed by atoms with van der Waals surface area (Å²) in [6.45, 7) is 7.88. The lowest BCUT2D eigenvalue weighted by Crippen LogP contribution is -2.57. The lowest BCUT2D eigenvalue weighted by molar-refractivity contribution is -0.142. The molecule has 39 heavy (non-hydrogen) atoms. The van der Waals surface area contributed by atoms with E-state index in [1.807, 2.05) is 27.7 Å². The van der Waals surface area contributed by atoms with Crippen LogP contribution in [0.3, 0.4) is 0 Å². The van der Waals surface area contributed by atoms with Crippen LogP contribution in [0.25, 0.3) is 0 Å². The summed E-state index contributed by atoms with van der Waals surface area (Å²) in [7, 11) is 0. The van der Waals surface area contributed by atoms with Gasteiger partial charge in [0.1, 0.15) is 18.1 Å². The molecule has 0 saturated carbocycles. The van der Waals surface area contributed by atoms with Crippen LogP contribution in [0, 0.1) is 11.8 Å². The fourth-order valence-corrected chi connectivity index (χ4v) is 3.56. The van der Waals surface area contributed by atoms with E-state index >= 15 is 0 Å². The summed E-state index contributed by atoms with van der Waals surface area (Å²) in [4.78, 5) is 58.5. The minimum atomic E-state index is -1.23. The Morgan fingerprint density at radius 3 is 1.62 bits per heavy atom. The maximum Gasteiger partial charge on any atom is 0.326 e. The quantitative estimate of drug-likeness (QED) is 0.0481. The summed E-state index contributed by atoms with van der Waals surface area (Å²) in [5.41, 5.74) is 27.3. The first kappa shape index (κ1) is 35.4. The SMILES string of the molecule is CCC(C)C(N)C(=O)NC(CCCN=C(N)N)C(=O)NC(CC(C)C)C(=O)NC(CCCN=C(N)N)C(=O)O. The number of nitrogens with two attached hydrogens (primary N) is 5. The Hall–Kier alpha value is -3.62. The van der Waals surface area contributed by atoms with Crippen LogP contribution in [0.2, 0.25) is 0 Å². The third-order valence-corrected chi connectivity index (χ3v) is 6.04. The molecule has 15 heteroatoms. The summed E-state index contributed by atoms with van der Waals surface area (Å²) in [6.07, 6.45) is 1.85. The molecular weight excluding hydrogens is 508 g/mol. The highest BCUT2D eigenvalue weighted by atomic mass is 16.4. The van der Waals surface area contributed by atoms with E-state index in [1.165, 1.54) is 0 Å². The normalized spacial score (nSPS) is 14.7. The maximum atomic E-state index is 13.3. The summed E-state index contributed by atoms with van der Waals surface area (Å²) >= 11 is 0. The van der Waals surface area contributed by atoms with Crippen molar-refractivity contribution in [2.24, 2.45) is 50.5 Å². The Balaban J connectivity index is 5.63. The Morgan fingerprint density at radius 1 is 0.744 bits per heavy atom. The summed E-state index contributed by atoms with van der Waals surface area (Å²) in [5, 5.41) is 17.4. The number of guanidine groups is 2. The van der Waals surface area contributed by atoms with Crippen molar-refractivity contribution in [1.29, 1.82) is 0 Å². The minimum Gasteiger partial charge on any atom is -0.480 e. The molecule has 0 heterocycles. The summed E-state index contributed by atoms with van der Waals surface area (Å²) in [5.74, 6) is -3.34. The molecule has 0 radical (unpaired) electrons. The van der Waals surface area contributed by atoms with Crippen LogP contribution in [0.4, 0.5) is 0 Å². The van der Waals surface area contributed by atoms with E-state index in [1.54, 1.807) is 0 Å². The topological polar surface area (TPSA) is 279 Å². The molecule has 5 unspecified atom stereocenters. The number of hydrogen-bond acceptors (Lipinski definition) is 7. The number of carbonyl (C=O) groups excluding carboxylic acids is 3. The van der Waals surface area contributed by atoms with E-state index in [0.29, 0.717) is 19.3 Å². The molecule has 0 saturated heterocycles. The second-order valence-corrected chi connectivity index (χ2v) is 9.96. The smallest absolute Gasteiger partial charge is 0.326 e. The lowest BCUT2D eigenvalue weighted by Gasteiger charge is -2.27. The van der Waals surface area contributed by atoms with Crippen LogP contribution in [0.1, 0.15) is 66.2 Å². The molecule has 0 aliphatic rings. The van der Waals surface area contributed by atoms with Crippen molar-refractivity contribution in [3.63, 3.8) is 0 Å². The van der Waals surface area contributed by atoms with Crippen molar-refractivity contribution in [3.05, 3.63) is 0 Å². The molecule has 0 aromatic carbocycles. The third kappa shape index (κ3) is 15.4. The molecular formula is C24H48N10O5. The molecule has 0 aromatic rings. The Labute approximate surface area is 230 Å². The Morgan fingerprint density at radius 2 is 1.18 bits per heavy atom. The number of carboxylic acid groups (broad SMARTS) is 1. The maximum absolute atomic E-state index is 13.3. The van der Waals surface area contributed by atoms with Crippen molar-refractivity contribution >= 4 is 35.6 Å². The average Bonchev–Trinajstić information content (AvgIpc) is 2.84. The van der Waals surface area contributed by atoms with Crippen molar-refractivity contribution in [2.75, 3.05) is 13.1 Å². The number of aliphatic imine (C=N–C) groups is 2. The summed E-state index contributed by atoms with van der Waals surface area (Å²) < 4.78 is 0. The van der Waals surface area contributed by atoms with E-state index in [-0.39, 0.29) is 56.1 Å².